The molecule has 3 rings (SSSR count). The van der Waals surface area contributed by atoms with Crippen LogP contribution in [0.2, 0.25) is 0 Å². The molecule has 1 saturated heterocycles. The van der Waals surface area contributed by atoms with Crippen molar-refractivity contribution in [2.45, 2.75) is 18.9 Å². The van der Waals surface area contributed by atoms with E-state index in [0.29, 0.717) is 5.82 Å². The van der Waals surface area contributed by atoms with Gasteiger partial charge in [0.1, 0.15) is 6.61 Å². The molecule has 1 amide bonds. The number of ether oxygens (including phenoxy) is 1. The van der Waals surface area contributed by atoms with Crippen LogP contribution in [0.5, 0.6) is 0 Å². The van der Waals surface area contributed by atoms with Crippen LogP contribution in [-0.2, 0) is 9.53 Å². The Balaban J connectivity index is 1.71. The second-order valence-corrected chi connectivity index (χ2v) is 5.83. The van der Waals surface area contributed by atoms with Crippen molar-refractivity contribution in [3.63, 3.8) is 0 Å². The van der Waals surface area contributed by atoms with Gasteiger partial charge in [0.15, 0.2) is 10.9 Å². The molecule has 3 heterocycles. The van der Waals surface area contributed by atoms with E-state index in [9.17, 15) is 4.79 Å². The summed E-state index contributed by atoms with van der Waals surface area (Å²) in [6.07, 6.45) is 6.81. The van der Waals surface area contributed by atoms with Crippen LogP contribution in [0.25, 0.3) is 0 Å². The third-order valence-electron chi connectivity index (χ3n) is 3.50. The second-order valence-electron chi connectivity index (χ2n) is 4.97. The zero-order chi connectivity index (χ0) is 15.4. The van der Waals surface area contributed by atoms with Gasteiger partial charge in [-0.3, -0.25) is 9.78 Å². The summed E-state index contributed by atoms with van der Waals surface area (Å²) in [7, 11) is 1.54. The highest BCUT2D eigenvalue weighted by atomic mass is 32.1. The SMILES string of the molecule is COCC(=O)N1CCC[C@H]1c1csc(Nc2cnccn2)n1. The number of amides is 1. The fraction of sp³-hybridized carbons (Fsp3) is 0.429. The zero-order valence-corrected chi connectivity index (χ0v) is 13.0. The molecular formula is C14H17N5O2S. The van der Waals surface area contributed by atoms with Crippen molar-refractivity contribution in [2.75, 3.05) is 25.6 Å². The van der Waals surface area contributed by atoms with Crippen LogP contribution >= 0.6 is 11.3 Å². The first kappa shape index (κ1) is 14.9. The molecule has 1 atom stereocenters. The highest BCUT2D eigenvalue weighted by Crippen LogP contribution is 2.34. The number of hydrogen-bond donors (Lipinski definition) is 1. The molecule has 0 saturated carbocycles. The van der Waals surface area contributed by atoms with Gasteiger partial charge >= 0.3 is 0 Å². The predicted molar refractivity (Wildman–Crippen MR) is 83.0 cm³/mol. The first-order valence-electron chi connectivity index (χ1n) is 7.05. The molecular weight excluding hydrogens is 302 g/mol. The molecule has 116 valence electrons. The smallest absolute Gasteiger partial charge is 0.249 e. The Morgan fingerprint density at radius 2 is 2.45 bits per heavy atom. The van der Waals surface area contributed by atoms with Crippen LogP contribution in [0.4, 0.5) is 10.9 Å². The second kappa shape index (κ2) is 6.80. The van der Waals surface area contributed by atoms with Crippen molar-refractivity contribution in [1.82, 2.24) is 19.9 Å². The number of methoxy groups -OCH3 is 1. The van der Waals surface area contributed by atoms with E-state index in [-0.39, 0.29) is 18.6 Å². The number of carbonyl (C=O) groups excluding carboxylic acids is 1. The van der Waals surface area contributed by atoms with Gasteiger partial charge in [0.25, 0.3) is 0 Å². The maximum absolute atomic E-state index is 12.1. The maximum Gasteiger partial charge on any atom is 0.249 e. The Morgan fingerprint density at radius 3 is 3.23 bits per heavy atom. The average Bonchev–Trinajstić information content (AvgIpc) is 3.17. The monoisotopic (exact) mass is 319 g/mol. The average molecular weight is 319 g/mol. The summed E-state index contributed by atoms with van der Waals surface area (Å²) in [4.78, 5) is 26.7. The highest BCUT2D eigenvalue weighted by Gasteiger charge is 2.31. The van der Waals surface area contributed by atoms with E-state index in [1.165, 1.54) is 18.4 Å². The van der Waals surface area contributed by atoms with Gasteiger partial charge in [0, 0.05) is 31.4 Å². The summed E-state index contributed by atoms with van der Waals surface area (Å²) < 4.78 is 4.95. The Kier molecular flexibility index (Phi) is 4.59. The molecule has 0 bridgehead atoms. The minimum absolute atomic E-state index is 0.0152. The van der Waals surface area contributed by atoms with Crippen molar-refractivity contribution in [3.05, 3.63) is 29.7 Å². The molecule has 0 aliphatic carbocycles. The van der Waals surface area contributed by atoms with Crippen LogP contribution in [0, 0.1) is 0 Å². The first-order chi connectivity index (χ1) is 10.8. The van der Waals surface area contributed by atoms with E-state index in [0.717, 1.165) is 30.2 Å². The Morgan fingerprint density at radius 1 is 1.55 bits per heavy atom. The first-order valence-corrected chi connectivity index (χ1v) is 7.93. The Labute approximate surface area is 132 Å². The lowest BCUT2D eigenvalue weighted by Gasteiger charge is -2.22. The molecule has 8 heteroatoms. The quantitative estimate of drug-likeness (QED) is 0.908. The van der Waals surface area contributed by atoms with E-state index >= 15 is 0 Å². The van der Waals surface area contributed by atoms with Gasteiger partial charge in [0.2, 0.25) is 5.91 Å². The van der Waals surface area contributed by atoms with Gasteiger partial charge < -0.3 is 15.0 Å². The lowest BCUT2D eigenvalue weighted by molar-refractivity contribution is -0.136. The number of nitrogens with one attached hydrogen (secondary N) is 1. The van der Waals surface area contributed by atoms with E-state index in [2.05, 4.69) is 20.3 Å². The van der Waals surface area contributed by atoms with Crippen molar-refractivity contribution >= 4 is 28.2 Å². The third-order valence-corrected chi connectivity index (χ3v) is 4.28. The topological polar surface area (TPSA) is 80.2 Å². The van der Waals surface area contributed by atoms with Crippen molar-refractivity contribution < 1.29 is 9.53 Å². The van der Waals surface area contributed by atoms with Crippen molar-refractivity contribution in [1.29, 1.82) is 0 Å². The normalized spacial score (nSPS) is 17.7. The van der Waals surface area contributed by atoms with Gasteiger partial charge in [-0.25, -0.2) is 9.97 Å². The molecule has 1 aliphatic rings. The summed E-state index contributed by atoms with van der Waals surface area (Å²) in [6, 6.07) is 0.0382. The number of anilines is 2. The van der Waals surface area contributed by atoms with Crippen LogP contribution in [0.3, 0.4) is 0 Å². The number of aromatic nitrogens is 3. The van der Waals surface area contributed by atoms with Crippen LogP contribution < -0.4 is 5.32 Å². The van der Waals surface area contributed by atoms with Crippen molar-refractivity contribution in [2.24, 2.45) is 0 Å². The fourth-order valence-corrected chi connectivity index (χ4v) is 3.31. The maximum atomic E-state index is 12.1. The molecule has 22 heavy (non-hydrogen) atoms. The number of likely N-dealkylation sites (tertiary alicyclic amines) is 1. The summed E-state index contributed by atoms with van der Waals surface area (Å²) in [5.41, 5.74) is 0.915. The number of carbonyl (C=O) groups is 1. The minimum Gasteiger partial charge on any atom is -0.375 e. The third kappa shape index (κ3) is 3.23. The van der Waals surface area contributed by atoms with E-state index in [1.54, 1.807) is 18.6 Å². The van der Waals surface area contributed by atoms with Gasteiger partial charge in [0.05, 0.1) is 17.9 Å². The molecule has 1 N–H and O–H groups in total. The molecule has 7 nitrogen and oxygen atoms in total. The van der Waals surface area contributed by atoms with E-state index in [4.69, 9.17) is 4.74 Å². The zero-order valence-electron chi connectivity index (χ0n) is 12.2. The van der Waals surface area contributed by atoms with Crippen molar-refractivity contribution in [3.8, 4) is 0 Å². The van der Waals surface area contributed by atoms with Gasteiger partial charge in [-0.2, -0.15) is 0 Å². The standard InChI is InChI=1S/C14H17N5O2S/c1-21-8-13(20)19-6-2-3-11(19)10-9-22-14(17-10)18-12-7-15-4-5-16-12/h4-5,7,9,11H,2-3,6,8H2,1H3,(H,16,17,18)/t11-/m0/s1. The fourth-order valence-electron chi connectivity index (χ4n) is 2.55. The number of nitrogens with zero attached hydrogens (tertiary/aromatic N) is 4. The van der Waals surface area contributed by atoms with Crippen LogP contribution in [0.1, 0.15) is 24.6 Å². The van der Waals surface area contributed by atoms with Gasteiger partial charge in [-0.05, 0) is 12.8 Å². The molecule has 0 aromatic carbocycles. The van der Waals surface area contributed by atoms with Crippen LogP contribution in [0.15, 0.2) is 24.0 Å². The molecule has 0 spiro atoms. The lowest BCUT2D eigenvalue weighted by Crippen LogP contribution is -2.33. The van der Waals surface area contributed by atoms with Gasteiger partial charge in [-0.15, -0.1) is 11.3 Å². The number of thiazole rings is 1. The summed E-state index contributed by atoms with van der Waals surface area (Å²) >= 11 is 1.50. The number of rotatable bonds is 5. The molecule has 2 aromatic heterocycles. The van der Waals surface area contributed by atoms with E-state index in [1.807, 2.05) is 10.3 Å². The molecule has 2 aromatic rings. The Hall–Kier alpha value is -2.06. The summed E-state index contributed by atoms with van der Waals surface area (Å²) in [5, 5.41) is 5.86. The molecule has 0 radical (unpaired) electrons. The molecule has 1 fully saturated rings. The molecule has 1 aliphatic heterocycles. The van der Waals surface area contributed by atoms with Crippen LogP contribution in [-0.4, -0.2) is 46.0 Å². The predicted octanol–water partition coefficient (Wildman–Crippen LogP) is 1.99. The van der Waals surface area contributed by atoms with Gasteiger partial charge in [-0.1, -0.05) is 0 Å². The number of hydrogen-bond acceptors (Lipinski definition) is 7. The molecule has 0 unspecified atom stereocenters. The van der Waals surface area contributed by atoms with E-state index < -0.39 is 0 Å². The lowest BCUT2D eigenvalue weighted by atomic mass is 10.2. The summed E-state index contributed by atoms with van der Waals surface area (Å²) in [6.45, 7) is 0.878. The minimum atomic E-state index is 0.0152. The Bertz CT molecular complexity index is 633. The highest BCUT2D eigenvalue weighted by molar-refractivity contribution is 7.13. The summed E-state index contributed by atoms with van der Waals surface area (Å²) in [5.74, 6) is 0.670. The largest absolute Gasteiger partial charge is 0.375 e.